The van der Waals surface area contributed by atoms with Crippen molar-refractivity contribution in [1.82, 2.24) is 14.7 Å². The molecular weight excluding hydrogens is 366 g/mol. The molecule has 2 aromatic carbocycles. The maximum Gasteiger partial charge on any atom is 0.257 e. The highest BCUT2D eigenvalue weighted by Gasteiger charge is 2.28. The molecule has 0 unspecified atom stereocenters. The van der Waals surface area contributed by atoms with Gasteiger partial charge in [0.15, 0.2) is 0 Å². The first-order valence-electron chi connectivity index (χ1n) is 9.90. The minimum atomic E-state index is -0.0326. The Balaban J connectivity index is 1.79. The number of para-hydroxylation sites is 2. The van der Waals surface area contributed by atoms with Crippen LogP contribution in [-0.2, 0) is 4.74 Å². The van der Waals surface area contributed by atoms with E-state index in [0.29, 0.717) is 36.7 Å². The molecule has 150 valence electrons. The minimum absolute atomic E-state index is 0.0326. The van der Waals surface area contributed by atoms with Gasteiger partial charge in [0.1, 0.15) is 11.4 Å². The molecule has 1 aliphatic rings. The van der Waals surface area contributed by atoms with Gasteiger partial charge in [-0.05, 0) is 30.7 Å². The standard InChI is InChI=1S/C23H25N3O3/c1-3-18-15-25(13-14-29-18)23(27)20-16-26(17-9-5-4-6-10-17)24-22(20)19-11-7-8-12-21(19)28-2/h4-12,16,18H,3,13-15H2,1-2H3/t18-/m1/s1. The van der Waals surface area contributed by atoms with Crippen LogP contribution in [-0.4, -0.2) is 53.5 Å². The lowest BCUT2D eigenvalue weighted by Gasteiger charge is -2.32. The van der Waals surface area contributed by atoms with Gasteiger partial charge in [-0.25, -0.2) is 4.68 Å². The van der Waals surface area contributed by atoms with E-state index in [9.17, 15) is 4.79 Å². The molecule has 3 aromatic rings. The molecule has 1 aliphatic heterocycles. The van der Waals surface area contributed by atoms with E-state index in [0.717, 1.165) is 17.7 Å². The first kappa shape index (κ1) is 19.2. The van der Waals surface area contributed by atoms with Crippen LogP contribution in [0.5, 0.6) is 5.75 Å². The molecule has 0 N–H and O–H groups in total. The number of carbonyl (C=O) groups excluding carboxylic acids is 1. The first-order valence-corrected chi connectivity index (χ1v) is 9.90. The lowest BCUT2D eigenvalue weighted by molar-refractivity contribution is -0.0226. The van der Waals surface area contributed by atoms with E-state index in [1.807, 2.05) is 65.7 Å². The van der Waals surface area contributed by atoms with E-state index in [1.165, 1.54) is 0 Å². The quantitative estimate of drug-likeness (QED) is 0.664. The Labute approximate surface area is 170 Å². The van der Waals surface area contributed by atoms with Crippen LogP contribution in [0.4, 0.5) is 0 Å². The monoisotopic (exact) mass is 391 g/mol. The average molecular weight is 391 g/mol. The van der Waals surface area contributed by atoms with Crippen molar-refractivity contribution in [1.29, 1.82) is 0 Å². The molecule has 1 fully saturated rings. The van der Waals surface area contributed by atoms with Crippen LogP contribution in [0.2, 0.25) is 0 Å². The number of rotatable bonds is 5. The third-order valence-corrected chi connectivity index (χ3v) is 5.21. The molecule has 1 amide bonds. The highest BCUT2D eigenvalue weighted by molar-refractivity contribution is 6.00. The van der Waals surface area contributed by atoms with Crippen LogP contribution in [0.25, 0.3) is 16.9 Å². The molecule has 0 radical (unpaired) electrons. The minimum Gasteiger partial charge on any atom is -0.496 e. The Bertz CT molecular complexity index is 984. The summed E-state index contributed by atoms with van der Waals surface area (Å²) in [5.74, 6) is 0.656. The second kappa shape index (κ2) is 8.49. The molecule has 0 bridgehead atoms. The number of ether oxygens (including phenoxy) is 2. The summed E-state index contributed by atoms with van der Waals surface area (Å²) in [7, 11) is 1.63. The van der Waals surface area contributed by atoms with Crippen LogP contribution < -0.4 is 4.74 Å². The Morgan fingerprint density at radius 1 is 1.17 bits per heavy atom. The predicted octanol–water partition coefficient (Wildman–Crippen LogP) is 3.80. The Kier molecular flexibility index (Phi) is 5.62. The summed E-state index contributed by atoms with van der Waals surface area (Å²) in [5.41, 5.74) is 2.88. The molecule has 2 heterocycles. The molecule has 0 aliphatic carbocycles. The zero-order valence-corrected chi connectivity index (χ0v) is 16.7. The summed E-state index contributed by atoms with van der Waals surface area (Å²) in [4.78, 5) is 15.3. The summed E-state index contributed by atoms with van der Waals surface area (Å²) in [5, 5.41) is 4.77. The molecule has 1 aromatic heterocycles. The smallest absolute Gasteiger partial charge is 0.257 e. The number of methoxy groups -OCH3 is 1. The van der Waals surface area contributed by atoms with Gasteiger partial charge in [0.2, 0.25) is 0 Å². The number of morpholine rings is 1. The van der Waals surface area contributed by atoms with Gasteiger partial charge in [-0.15, -0.1) is 0 Å². The van der Waals surface area contributed by atoms with Gasteiger partial charge >= 0.3 is 0 Å². The fourth-order valence-corrected chi connectivity index (χ4v) is 3.60. The number of aromatic nitrogens is 2. The summed E-state index contributed by atoms with van der Waals surface area (Å²) in [6, 6.07) is 17.4. The van der Waals surface area contributed by atoms with Gasteiger partial charge in [-0.2, -0.15) is 5.10 Å². The molecule has 29 heavy (non-hydrogen) atoms. The summed E-state index contributed by atoms with van der Waals surface area (Å²) in [6.45, 7) is 3.81. The van der Waals surface area contributed by atoms with Gasteiger partial charge in [-0.1, -0.05) is 37.3 Å². The zero-order chi connectivity index (χ0) is 20.2. The van der Waals surface area contributed by atoms with Crippen LogP contribution in [0.1, 0.15) is 23.7 Å². The molecule has 1 atom stereocenters. The fourth-order valence-electron chi connectivity index (χ4n) is 3.60. The van der Waals surface area contributed by atoms with Crippen molar-refractivity contribution in [3.05, 3.63) is 66.4 Å². The van der Waals surface area contributed by atoms with Crippen LogP contribution in [0, 0.1) is 0 Å². The molecule has 6 nitrogen and oxygen atoms in total. The number of amides is 1. The lowest BCUT2D eigenvalue weighted by Crippen LogP contribution is -2.45. The predicted molar refractivity (Wildman–Crippen MR) is 111 cm³/mol. The number of nitrogens with zero attached hydrogens (tertiary/aromatic N) is 3. The second-order valence-electron chi connectivity index (χ2n) is 7.02. The molecule has 4 rings (SSSR count). The SMILES string of the molecule is CC[C@@H]1CN(C(=O)c2cn(-c3ccccc3)nc2-c2ccccc2OC)CCO1. The first-order chi connectivity index (χ1) is 14.2. The maximum absolute atomic E-state index is 13.5. The molecule has 6 heteroatoms. The number of hydrogen-bond donors (Lipinski definition) is 0. The molecule has 0 saturated carbocycles. The van der Waals surface area contributed by atoms with Crippen molar-refractivity contribution in [3.8, 4) is 22.7 Å². The maximum atomic E-state index is 13.5. The summed E-state index contributed by atoms with van der Waals surface area (Å²) >= 11 is 0. The van der Waals surface area contributed by atoms with Gasteiger partial charge in [0.25, 0.3) is 5.91 Å². The number of carbonyl (C=O) groups is 1. The van der Waals surface area contributed by atoms with Crippen LogP contribution in [0.3, 0.4) is 0 Å². The van der Waals surface area contributed by atoms with Gasteiger partial charge in [0, 0.05) is 24.8 Å². The largest absolute Gasteiger partial charge is 0.496 e. The summed E-state index contributed by atoms with van der Waals surface area (Å²) in [6.07, 6.45) is 2.77. The zero-order valence-electron chi connectivity index (χ0n) is 16.7. The summed E-state index contributed by atoms with van der Waals surface area (Å²) < 4.78 is 13.0. The number of hydrogen-bond acceptors (Lipinski definition) is 4. The van der Waals surface area contributed by atoms with E-state index in [1.54, 1.807) is 11.8 Å². The number of benzene rings is 2. The van der Waals surface area contributed by atoms with Gasteiger partial charge < -0.3 is 14.4 Å². The third-order valence-electron chi connectivity index (χ3n) is 5.21. The van der Waals surface area contributed by atoms with E-state index in [-0.39, 0.29) is 12.0 Å². The second-order valence-corrected chi connectivity index (χ2v) is 7.02. The molecular formula is C23H25N3O3. The van der Waals surface area contributed by atoms with Crippen molar-refractivity contribution in [3.63, 3.8) is 0 Å². The average Bonchev–Trinajstić information content (AvgIpc) is 3.24. The Morgan fingerprint density at radius 3 is 2.69 bits per heavy atom. The van der Waals surface area contributed by atoms with Crippen molar-refractivity contribution < 1.29 is 14.3 Å². The Hall–Kier alpha value is -3.12. The van der Waals surface area contributed by atoms with E-state index in [2.05, 4.69) is 6.92 Å². The van der Waals surface area contributed by atoms with Gasteiger partial charge in [0.05, 0.1) is 31.1 Å². The van der Waals surface area contributed by atoms with Gasteiger partial charge in [-0.3, -0.25) is 4.79 Å². The highest BCUT2D eigenvalue weighted by atomic mass is 16.5. The van der Waals surface area contributed by atoms with Crippen molar-refractivity contribution in [2.24, 2.45) is 0 Å². The molecule has 0 spiro atoms. The van der Waals surface area contributed by atoms with E-state index in [4.69, 9.17) is 14.6 Å². The Morgan fingerprint density at radius 2 is 1.93 bits per heavy atom. The van der Waals surface area contributed by atoms with E-state index < -0.39 is 0 Å². The van der Waals surface area contributed by atoms with Crippen LogP contribution >= 0.6 is 0 Å². The van der Waals surface area contributed by atoms with E-state index >= 15 is 0 Å². The van der Waals surface area contributed by atoms with Crippen molar-refractivity contribution in [2.75, 3.05) is 26.8 Å². The normalized spacial score (nSPS) is 16.6. The van der Waals surface area contributed by atoms with Crippen molar-refractivity contribution in [2.45, 2.75) is 19.4 Å². The topological polar surface area (TPSA) is 56.6 Å². The highest BCUT2D eigenvalue weighted by Crippen LogP contribution is 2.32. The third kappa shape index (κ3) is 3.89. The molecule has 1 saturated heterocycles. The van der Waals surface area contributed by atoms with Crippen LogP contribution in [0.15, 0.2) is 60.8 Å². The van der Waals surface area contributed by atoms with Crippen molar-refractivity contribution >= 4 is 5.91 Å². The lowest BCUT2D eigenvalue weighted by atomic mass is 10.1. The fraction of sp³-hybridized carbons (Fsp3) is 0.304.